The molecule has 0 saturated carbocycles. The SMILES string of the molecule is F[B-](F)(F)c1ccc(C2CNC2)cc1Cl.[K+]. The van der Waals surface area contributed by atoms with Gasteiger partial charge in [0.2, 0.25) is 0 Å². The Kier molecular flexibility index (Phi) is 5.38. The predicted molar refractivity (Wildman–Crippen MR) is 55.8 cm³/mol. The first-order valence-electron chi connectivity index (χ1n) is 4.68. The standard InChI is InChI=1S/C9H9BClF3N.K/c11-9-3-6(7-4-15-5-7)1-2-8(9)10(12,13)14;/h1-3,7,15H,4-5H2;/q-1;+1. The number of rotatable bonds is 2. The normalized spacial score (nSPS) is 16.5. The quantitative estimate of drug-likeness (QED) is 0.688. The van der Waals surface area contributed by atoms with E-state index in [-0.39, 0.29) is 56.4 Å². The Bertz CT molecular complexity index is 382. The number of nitrogens with one attached hydrogen (secondary N) is 1. The third kappa shape index (κ3) is 3.25. The van der Waals surface area contributed by atoms with Crippen molar-refractivity contribution in [1.29, 1.82) is 0 Å². The van der Waals surface area contributed by atoms with E-state index in [4.69, 9.17) is 11.6 Å². The molecule has 16 heavy (non-hydrogen) atoms. The van der Waals surface area contributed by atoms with Crippen LogP contribution in [0.25, 0.3) is 0 Å². The van der Waals surface area contributed by atoms with Crippen molar-refractivity contribution in [3.63, 3.8) is 0 Å². The Balaban J connectivity index is 0.00000128. The molecule has 0 bridgehead atoms. The van der Waals surface area contributed by atoms with Crippen molar-refractivity contribution in [2.75, 3.05) is 13.1 Å². The molecular formula is C9H9BClF3KN. The van der Waals surface area contributed by atoms with E-state index in [1.165, 1.54) is 12.1 Å². The predicted octanol–water partition coefficient (Wildman–Crippen LogP) is -0.915. The van der Waals surface area contributed by atoms with Crippen molar-refractivity contribution >= 4 is 24.0 Å². The van der Waals surface area contributed by atoms with Gasteiger partial charge in [0.25, 0.3) is 0 Å². The topological polar surface area (TPSA) is 12.0 Å². The van der Waals surface area contributed by atoms with Gasteiger partial charge in [0.1, 0.15) is 0 Å². The summed E-state index contributed by atoms with van der Waals surface area (Å²) in [7, 11) is 0. The molecule has 1 fully saturated rings. The number of hydrogen-bond donors (Lipinski definition) is 1. The minimum absolute atomic E-state index is 0. The minimum Gasteiger partial charge on any atom is -0.445 e. The zero-order chi connectivity index (χ0) is 11.1. The van der Waals surface area contributed by atoms with E-state index in [0.717, 1.165) is 24.7 Å². The zero-order valence-corrected chi connectivity index (χ0v) is 12.7. The van der Waals surface area contributed by atoms with Crippen LogP contribution in [0.4, 0.5) is 12.9 Å². The molecular weight excluding hydrogens is 264 g/mol. The van der Waals surface area contributed by atoms with Gasteiger partial charge in [0.15, 0.2) is 0 Å². The van der Waals surface area contributed by atoms with Crippen LogP contribution in [0.2, 0.25) is 5.02 Å². The zero-order valence-electron chi connectivity index (χ0n) is 8.81. The fourth-order valence-corrected chi connectivity index (χ4v) is 1.90. The van der Waals surface area contributed by atoms with Gasteiger partial charge < -0.3 is 18.3 Å². The summed E-state index contributed by atoms with van der Waals surface area (Å²) in [5.74, 6) is 0.303. The Labute approximate surface area is 140 Å². The molecule has 1 aromatic carbocycles. The van der Waals surface area contributed by atoms with Crippen LogP contribution in [0, 0.1) is 0 Å². The molecule has 1 saturated heterocycles. The maximum Gasteiger partial charge on any atom is 1.00 e. The van der Waals surface area contributed by atoms with Gasteiger partial charge >= 0.3 is 58.4 Å². The van der Waals surface area contributed by atoms with Gasteiger partial charge in [0, 0.05) is 24.0 Å². The Morgan fingerprint density at radius 3 is 2.25 bits per heavy atom. The molecule has 0 aromatic heterocycles. The van der Waals surface area contributed by atoms with Gasteiger partial charge in [-0.2, -0.15) is 0 Å². The largest absolute Gasteiger partial charge is 1.00 e. The van der Waals surface area contributed by atoms with Crippen LogP contribution < -0.4 is 62.2 Å². The summed E-state index contributed by atoms with van der Waals surface area (Å²) in [6.07, 6.45) is 0. The second-order valence-electron chi connectivity index (χ2n) is 3.71. The molecule has 82 valence electrons. The fraction of sp³-hybridized carbons (Fsp3) is 0.333. The van der Waals surface area contributed by atoms with Crippen molar-refractivity contribution in [3.05, 3.63) is 28.8 Å². The second kappa shape index (κ2) is 5.73. The van der Waals surface area contributed by atoms with Crippen LogP contribution in [0.5, 0.6) is 0 Å². The van der Waals surface area contributed by atoms with Crippen LogP contribution in [-0.2, 0) is 0 Å². The van der Waals surface area contributed by atoms with Gasteiger partial charge in [-0.3, -0.25) is 0 Å². The maximum atomic E-state index is 12.4. The van der Waals surface area contributed by atoms with Crippen LogP contribution in [0.1, 0.15) is 11.5 Å². The van der Waals surface area contributed by atoms with E-state index in [1.54, 1.807) is 0 Å². The molecule has 2 rings (SSSR count). The molecule has 1 nitrogen and oxygen atoms in total. The Morgan fingerprint density at radius 2 is 1.88 bits per heavy atom. The third-order valence-corrected chi connectivity index (χ3v) is 2.96. The summed E-state index contributed by atoms with van der Waals surface area (Å²) >= 11 is 5.61. The van der Waals surface area contributed by atoms with E-state index in [0.29, 0.717) is 5.92 Å². The summed E-state index contributed by atoms with van der Waals surface area (Å²) in [5, 5.41) is 2.87. The average Bonchev–Trinajstić information content (AvgIpc) is 1.97. The molecule has 0 atom stereocenters. The van der Waals surface area contributed by atoms with Crippen molar-refractivity contribution in [1.82, 2.24) is 5.32 Å². The molecule has 1 aromatic rings. The summed E-state index contributed by atoms with van der Waals surface area (Å²) in [6, 6.07) is 4.02. The van der Waals surface area contributed by atoms with Crippen LogP contribution in [-0.4, -0.2) is 20.1 Å². The molecule has 7 heteroatoms. The maximum absolute atomic E-state index is 12.4. The molecule has 0 radical (unpaired) electrons. The van der Waals surface area contributed by atoms with E-state index < -0.39 is 12.4 Å². The second-order valence-corrected chi connectivity index (χ2v) is 4.12. The average molecular weight is 274 g/mol. The monoisotopic (exact) mass is 273 g/mol. The summed E-state index contributed by atoms with van der Waals surface area (Å²) in [6.45, 7) is -3.38. The molecule has 0 aliphatic carbocycles. The van der Waals surface area contributed by atoms with Gasteiger partial charge in [-0.15, -0.1) is 0 Å². The summed E-state index contributed by atoms with van der Waals surface area (Å²) in [5.41, 5.74) is 0.176. The molecule has 0 spiro atoms. The van der Waals surface area contributed by atoms with Crippen molar-refractivity contribution in [3.8, 4) is 0 Å². The van der Waals surface area contributed by atoms with Crippen molar-refractivity contribution in [2.45, 2.75) is 5.92 Å². The van der Waals surface area contributed by atoms with Gasteiger partial charge in [-0.25, -0.2) is 0 Å². The van der Waals surface area contributed by atoms with E-state index in [9.17, 15) is 12.9 Å². The van der Waals surface area contributed by atoms with Crippen molar-refractivity contribution in [2.24, 2.45) is 0 Å². The van der Waals surface area contributed by atoms with Crippen LogP contribution >= 0.6 is 11.6 Å². The van der Waals surface area contributed by atoms with E-state index in [1.807, 2.05) is 0 Å². The van der Waals surface area contributed by atoms with Crippen LogP contribution in [0.3, 0.4) is 0 Å². The van der Waals surface area contributed by atoms with Gasteiger partial charge in [0.05, 0.1) is 0 Å². The molecule has 1 aliphatic rings. The third-order valence-electron chi connectivity index (χ3n) is 2.63. The first-order valence-corrected chi connectivity index (χ1v) is 5.06. The molecule has 1 N–H and O–H groups in total. The smallest absolute Gasteiger partial charge is 0.445 e. The first kappa shape index (κ1) is 15.0. The fourth-order valence-electron chi connectivity index (χ4n) is 1.59. The number of hydrogen-bond acceptors (Lipinski definition) is 1. The van der Waals surface area contributed by atoms with Gasteiger partial charge in [-0.1, -0.05) is 29.2 Å². The Morgan fingerprint density at radius 1 is 1.25 bits per heavy atom. The van der Waals surface area contributed by atoms with E-state index in [2.05, 4.69) is 5.32 Å². The first-order chi connectivity index (χ1) is 6.98. The van der Waals surface area contributed by atoms with E-state index >= 15 is 0 Å². The molecule has 0 unspecified atom stereocenters. The molecule has 1 aliphatic heterocycles. The molecule has 0 amide bonds. The van der Waals surface area contributed by atoms with Crippen molar-refractivity contribution < 1.29 is 64.3 Å². The summed E-state index contributed by atoms with van der Waals surface area (Å²) < 4.78 is 37.3. The summed E-state index contributed by atoms with van der Waals surface area (Å²) in [4.78, 5) is 0. The minimum atomic E-state index is -5.00. The van der Waals surface area contributed by atoms with Gasteiger partial charge in [-0.05, 0) is 11.6 Å². The number of halogens is 4. The van der Waals surface area contributed by atoms with Crippen LogP contribution in [0.15, 0.2) is 18.2 Å². The molecule has 1 heterocycles. The number of benzene rings is 1. The Hall–Kier alpha value is 0.961.